The van der Waals surface area contributed by atoms with Crippen molar-refractivity contribution >= 4 is 5.91 Å². The number of carbonyl (C=O) groups is 1. The Labute approximate surface area is 232 Å². The van der Waals surface area contributed by atoms with Gasteiger partial charge < -0.3 is 72.5 Å². The van der Waals surface area contributed by atoms with Gasteiger partial charge >= 0.3 is 0 Å². The minimum absolute atomic E-state index is 0.0687. The van der Waals surface area contributed by atoms with Crippen LogP contribution in [0.25, 0.3) is 0 Å². The van der Waals surface area contributed by atoms with Crippen LogP contribution in [0.2, 0.25) is 0 Å². The van der Waals surface area contributed by atoms with Crippen molar-refractivity contribution in [3.05, 3.63) is 0 Å². The molecule has 40 heavy (non-hydrogen) atoms. The number of piperidine rings is 1. The summed E-state index contributed by atoms with van der Waals surface area (Å²) in [7, 11) is 3.23. The van der Waals surface area contributed by atoms with Crippen LogP contribution in [0.4, 0.5) is 0 Å². The summed E-state index contributed by atoms with van der Waals surface area (Å²) in [4.78, 5) is 17.8. The van der Waals surface area contributed by atoms with E-state index in [1.807, 2.05) is 0 Å². The second-order valence-electron chi connectivity index (χ2n) is 10.8. The molecule has 0 aromatic rings. The van der Waals surface area contributed by atoms with Crippen molar-refractivity contribution in [2.75, 3.05) is 27.2 Å². The van der Waals surface area contributed by atoms with Gasteiger partial charge in [-0.25, -0.2) is 0 Å². The molecular weight excluding hydrogens is 534 g/mol. The molecule has 14 unspecified atom stereocenters. The molecule has 0 aliphatic carbocycles. The van der Waals surface area contributed by atoms with E-state index < -0.39 is 86.5 Å². The lowest BCUT2D eigenvalue weighted by molar-refractivity contribution is -0.399. The van der Waals surface area contributed by atoms with Crippen LogP contribution in [0.1, 0.15) is 25.7 Å². The number of amides is 1. The molecule has 4 fully saturated rings. The molecule has 0 radical (unpaired) electrons. The highest BCUT2D eigenvalue weighted by molar-refractivity contribution is 5.78. The van der Waals surface area contributed by atoms with Crippen LogP contribution >= 0.6 is 0 Å². The number of carbonyl (C=O) groups excluding carboxylic acids is 1. The lowest BCUT2D eigenvalue weighted by atomic mass is 9.90. The van der Waals surface area contributed by atoms with Crippen molar-refractivity contribution in [2.45, 2.75) is 112 Å². The Kier molecular flexibility index (Phi) is 11.0. The van der Waals surface area contributed by atoms with E-state index in [1.165, 1.54) is 5.06 Å². The number of aliphatic hydroxyl groups is 4. The van der Waals surface area contributed by atoms with Crippen molar-refractivity contribution in [1.29, 1.82) is 0 Å². The summed E-state index contributed by atoms with van der Waals surface area (Å²) in [6.07, 6.45) is -8.75. The summed E-state index contributed by atoms with van der Waals surface area (Å²) in [5.74, 6) is -0.308. The summed E-state index contributed by atoms with van der Waals surface area (Å²) in [5, 5.41) is 51.8. The van der Waals surface area contributed by atoms with Crippen molar-refractivity contribution in [1.82, 2.24) is 21.0 Å². The Morgan fingerprint density at radius 1 is 1.00 bits per heavy atom. The van der Waals surface area contributed by atoms with Gasteiger partial charge in [-0.1, -0.05) is 0 Å². The molecule has 4 aliphatic rings. The number of hydrogen-bond acceptors (Lipinski definition) is 16. The first-order valence-corrected chi connectivity index (χ1v) is 13.7. The third-order valence-electron chi connectivity index (χ3n) is 7.75. The number of fused-ring (bicyclic) bond motifs is 1. The van der Waals surface area contributed by atoms with Gasteiger partial charge in [0, 0.05) is 18.9 Å². The molecule has 4 aliphatic heterocycles. The second kappa shape index (κ2) is 13.9. The van der Waals surface area contributed by atoms with Gasteiger partial charge in [0.1, 0.15) is 30.6 Å². The van der Waals surface area contributed by atoms with Crippen LogP contribution in [0.5, 0.6) is 0 Å². The van der Waals surface area contributed by atoms with Crippen LogP contribution in [-0.2, 0) is 28.6 Å². The third kappa shape index (κ3) is 7.08. The SMILES string of the molecule is CNCC(=O)NC1CC(O)C(OC2OC3CC(N)C(ON4C(N)CC(N)CC4O)OC3C(O)C2NC)OC1CO. The van der Waals surface area contributed by atoms with Crippen LogP contribution in [0.3, 0.4) is 0 Å². The van der Waals surface area contributed by atoms with Crippen LogP contribution < -0.4 is 33.2 Å². The van der Waals surface area contributed by atoms with Gasteiger partial charge in [0.2, 0.25) is 5.91 Å². The van der Waals surface area contributed by atoms with Crippen LogP contribution in [0.15, 0.2) is 0 Å². The summed E-state index contributed by atoms with van der Waals surface area (Å²) in [6.45, 7) is -0.350. The highest BCUT2D eigenvalue weighted by atomic mass is 16.8. The Morgan fingerprint density at radius 3 is 2.40 bits per heavy atom. The Bertz CT molecular complexity index is 821. The fourth-order valence-corrected chi connectivity index (χ4v) is 5.69. The maximum absolute atomic E-state index is 12.0. The van der Waals surface area contributed by atoms with Gasteiger partial charge in [-0.05, 0) is 26.9 Å². The topological polar surface area (TPSA) is 262 Å². The molecule has 17 heteroatoms. The molecular formula is C23H45N7O10. The van der Waals surface area contributed by atoms with E-state index in [0.717, 1.165) is 0 Å². The predicted octanol–water partition coefficient (Wildman–Crippen LogP) is -5.75. The molecule has 14 atom stereocenters. The van der Waals surface area contributed by atoms with Gasteiger partial charge in [-0.3, -0.25) is 9.63 Å². The maximum atomic E-state index is 12.0. The largest absolute Gasteiger partial charge is 0.394 e. The number of nitrogens with zero attached hydrogens (tertiary/aromatic N) is 1. The molecule has 4 heterocycles. The fourth-order valence-electron chi connectivity index (χ4n) is 5.69. The first-order valence-electron chi connectivity index (χ1n) is 13.7. The molecule has 13 N–H and O–H groups in total. The first kappa shape index (κ1) is 31.8. The average Bonchev–Trinajstić information content (AvgIpc) is 2.88. The first-order chi connectivity index (χ1) is 19.1. The lowest BCUT2D eigenvalue weighted by Crippen LogP contribution is -2.69. The number of likely N-dealkylation sites (N-methyl/N-ethyl adjacent to an activating group) is 2. The molecule has 0 aromatic heterocycles. The number of ether oxygens (including phenoxy) is 4. The number of nitrogens with one attached hydrogen (secondary N) is 3. The van der Waals surface area contributed by atoms with E-state index in [1.54, 1.807) is 14.1 Å². The third-order valence-corrected chi connectivity index (χ3v) is 7.75. The molecule has 1 amide bonds. The highest BCUT2D eigenvalue weighted by Gasteiger charge is 2.53. The Hall–Kier alpha value is -1.13. The number of rotatable bonds is 9. The predicted molar refractivity (Wildman–Crippen MR) is 136 cm³/mol. The molecule has 0 saturated carbocycles. The lowest BCUT2D eigenvalue weighted by Gasteiger charge is -2.51. The Morgan fingerprint density at radius 2 is 1.75 bits per heavy atom. The number of hydrogen-bond donors (Lipinski definition) is 10. The quantitative estimate of drug-likeness (QED) is 0.122. The molecule has 4 saturated heterocycles. The Balaban J connectivity index is 1.38. The van der Waals surface area contributed by atoms with Gasteiger partial charge in [-0.15, -0.1) is 5.06 Å². The van der Waals surface area contributed by atoms with E-state index in [4.69, 9.17) is 41.0 Å². The van der Waals surface area contributed by atoms with Crippen molar-refractivity contribution in [2.24, 2.45) is 17.2 Å². The van der Waals surface area contributed by atoms with Crippen molar-refractivity contribution in [3.8, 4) is 0 Å². The van der Waals surface area contributed by atoms with Gasteiger partial charge in [-0.2, -0.15) is 0 Å². The fraction of sp³-hybridized carbons (Fsp3) is 0.957. The van der Waals surface area contributed by atoms with E-state index in [2.05, 4.69) is 16.0 Å². The standard InChI is InChI=1S/C23H45N7O10/c1-27-7-16(33)29-11-6-12(32)22(37-14(11)8-31)39-23-18(28-2)19(35)20-13(36-23)5-10(25)21(38-20)40-30-15(26)3-9(24)4-17(30)34/h9-15,17-23,27-28,31-32,34-35H,3-8,24-26H2,1-2H3,(H,29,33). The minimum atomic E-state index is -1.21. The molecule has 4 rings (SSSR count). The van der Waals surface area contributed by atoms with Gasteiger partial charge in [0.25, 0.3) is 0 Å². The smallest absolute Gasteiger partial charge is 0.234 e. The molecule has 17 nitrogen and oxygen atoms in total. The summed E-state index contributed by atoms with van der Waals surface area (Å²) >= 11 is 0. The summed E-state index contributed by atoms with van der Waals surface area (Å²) in [5.41, 5.74) is 18.3. The van der Waals surface area contributed by atoms with Crippen LogP contribution in [0, 0.1) is 0 Å². The maximum Gasteiger partial charge on any atom is 0.234 e. The number of nitrogens with two attached hydrogens (primary N) is 3. The zero-order chi connectivity index (χ0) is 29.1. The number of hydroxylamine groups is 2. The van der Waals surface area contributed by atoms with E-state index >= 15 is 0 Å². The summed E-state index contributed by atoms with van der Waals surface area (Å²) in [6, 6.07) is -2.41. The highest BCUT2D eigenvalue weighted by Crippen LogP contribution is 2.35. The summed E-state index contributed by atoms with van der Waals surface area (Å²) < 4.78 is 23.9. The molecule has 0 spiro atoms. The van der Waals surface area contributed by atoms with E-state index in [9.17, 15) is 25.2 Å². The molecule has 232 valence electrons. The normalized spacial score (nSPS) is 46.5. The second-order valence-corrected chi connectivity index (χ2v) is 10.8. The number of aliphatic hydroxyl groups excluding tert-OH is 4. The average molecular weight is 580 g/mol. The molecule has 0 bridgehead atoms. The molecule has 0 aromatic carbocycles. The van der Waals surface area contributed by atoms with Gasteiger partial charge in [0.15, 0.2) is 18.9 Å². The minimum Gasteiger partial charge on any atom is -0.394 e. The zero-order valence-electron chi connectivity index (χ0n) is 22.7. The van der Waals surface area contributed by atoms with Gasteiger partial charge in [0.05, 0.1) is 43.5 Å². The van der Waals surface area contributed by atoms with Crippen molar-refractivity contribution in [3.63, 3.8) is 0 Å². The monoisotopic (exact) mass is 579 g/mol. The zero-order valence-corrected chi connectivity index (χ0v) is 22.7. The van der Waals surface area contributed by atoms with Crippen LogP contribution in [-0.4, -0.2) is 145 Å². The van der Waals surface area contributed by atoms with Crippen molar-refractivity contribution < 1.29 is 49.0 Å². The van der Waals surface area contributed by atoms with E-state index in [0.29, 0.717) is 6.42 Å². The van der Waals surface area contributed by atoms with E-state index in [-0.39, 0.29) is 37.8 Å².